The van der Waals surface area contributed by atoms with E-state index in [0.717, 1.165) is 29.5 Å². The lowest BCUT2D eigenvalue weighted by Crippen LogP contribution is -2.39. The molecule has 0 spiro atoms. The minimum atomic E-state index is -0.215. The molecule has 0 aliphatic carbocycles. The van der Waals surface area contributed by atoms with Gasteiger partial charge in [0, 0.05) is 29.8 Å². The molecule has 9 nitrogen and oxygen atoms in total. The molecule has 2 unspecified atom stereocenters. The zero-order valence-corrected chi connectivity index (χ0v) is 21.1. The fourth-order valence-electron chi connectivity index (χ4n) is 4.61. The number of benzene rings is 2. The van der Waals surface area contributed by atoms with E-state index in [0.29, 0.717) is 41.9 Å². The smallest absolute Gasteiger partial charge is 0.267 e. The summed E-state index contributed by atoms with van der Waals surface area (Å²) in [6, 6.07) is 20.2. The van der Waals surface area contributed by atoms with Crippen LogP contribution in [0.3, 0.4) is 0 Å². The third-order valence-corrected chi connectivity index (χ3v) is 6.74. The minimum absolute atomic E-state index is 0.131. The summed E-state index contributed by atoms with van der Waals surface area (Å²) in [5.41, 5.74) is 3.42. The lowest BCUT2D eigenvalue weighted by Gasteiger charge is -2.32. The van der Waals surface area contributed by atoms with Crippen LogP contribution in [0.15, 0.2) is 77.9 Å². The summed E-state index contributed by atoms with van der Waals surface area (Å²) in [7, 11) is 0. The van der Waals surface area contributed by atoms with Gasteiger partial charge in [-0.1, -0.05) is 30.3 Å². The number of hydrogen-bond donors (Lipinski definition) is 1. The van der Waals surface area contributed by atoms with Crippen molar-refractivity contribution in [3.8, 4) is 34.5 Å². The van der Waals surface area contributed by atoms with E-state index in [1.54, 1.807) is 36.7 Å². The second-order valence-electron chi connectivity index (χ2n) is 9.56. The predicted octanol–water partition coefficient (Wildman–Crippen LogP) is 4.16. The highest BCUT2D eigenvalue weighted by atomic mass is 16.5. The van der Waals surface area contributed by atoms with Crippen molar-refractivity contribution in [2.45, 2.75) is 32.4 Å². The number of ether oxygens (including phenoxy) is 1. The molecule has 0 amide bonds. The molecule has 38 heavy (non-hydrogen) atoms. The van der Waals surface area contributed by atoms with Gasteiger partial charge in [-0.05, 0) is 55.5 Å². The van der Waals surface area contributed by atoms with Crippen molar-refractivity contribution in [3.63, 3.8) is 0 Å². The van der Waals surface area contributed by atoms with Gasteiger partial charge in [-0.25, -0.2) is 14.6 Å². The molecule has 1 aliphatic rings. The van der Waals surface area contributed by atoms with Gasteiger partial charge in [0.15, 0.2) is 11.6 Å². The van der Waals surface area contributed by atoms with Gasteiger partial charge >= 0.3 is 0 Å². The van der Waals surface area contributed by atoms with E-state index in [9.17, 15) is 15.3 Å². The fraction of sp³-hybridized carbons (Fsp3) is 0.276. The number of rotatable bonds is 7. The molecule has 5 rings (SSSR count). The SMILES string of the molecule is CC1CC(COc2cnc(-c3cccc(Cn4nc(-c5cccc(C#N)c5)ccc4=O)c3)nc2)CCN1O. The number of nitrogens with zero attached hydrogens (tertiary/aromatic N) is 6. The van der Waals surface area contributed by atoms with Gasteiger partial charge < -0.3 is 9.94 Å². The first kappa shape index (κ1) is 25.3. The average molecular weight is 509 g/mol. The highest BCUT2D eigenvalue weighted by molar-refractivity contribution is 5.60. The van der Waals surface area contributed by atoms with E-state index in [-0.39, 0.29) is 18.1 Å². The van der Waals surface area contributed by atoms with Crippen molar-refractivity contribution in [2.24, 2.45) is 5.92 Å². The van der Waals surface area contributed by atoms with Gasteiger partial charge in [-0.2, -0.15) is 15.4 Å². The minimum Gasteiger partial charge on any atom is -0.490 e. The Balaban J connectivity index is 1.27. The second kappa shape index (κ2) is 11.3. The normalized spacial score (nSPS) is 17.6. The van der Waals surface area contributed by atoms with Crippen LogP contribution in [0, 0.1) is 17.2 Å². The Kier molecular flexibility index (Phi) is 7.54. The molecule has 1 aliphatic heterocycles. The topological polar surface area (TPSA) is 117 Å². The van der Waals surface area contributed by atoms with Crippen molar-refractivity contribution < 1.29 is 9.94 Å². The Bertz CT molecular complexity index is 1510. The molecule has 4 aromatic rings. The molecule has 9 heteroatoms. The lowest BCUT2D eigenvalue weighted by molar-refractivity contribution is -0.147. The Hall–Kier alpha value is -4.39. The van der Waals surface area contributed by atoms with Gasteiger partial charge in [0.2, 0.25) is 0 Å². The van der Waals surface area contributed by atoms with E-state index in [1.165, 1.54) is 15.8 Å². The summed E-state index contributed by atoms with van der Waals surface area (Å²) in [4.78, 5) is 21.5. The summed E-state index contributed by atoms with van der Waals surface area (Å²) in [6.45, 7) is 3.51. The zero-order chi connectivity index (χ0) is 26.5. The number of piperidine rings is 1. The van der Waals surface area contributed by atoms with Crippen LogP contribution in [0.25, 0.3) is 22.6 Å². The molecule has 2 aromatic heterocycles. The van der Waals surface area contributed by atoms with Gasteiger partial charge in [0.05, 0.1) is 42.9 Å². The maximum Gasteiger partial charge on any atom is 0.267 e. The van der Waals surface area contributed by atoms with E-state index in [1.807, 2.05) is 37.3 Å². The highest BCUT2D eigenvalue weighted by Gasteiger charge is 2.24. The molecule has 2 atom stereocenters. The third-order valence-electron chi connectivity index (χ3n) is 6.74. The number of hydrogen-bond acceptors (Lipinski definition) is 8. The van der Waals surface area contributed by atoms with Crippen LogP contribution in [-0.2, 0) is 6.54 Å². The van der Waals surface area contributed by atoms with Crippen LogP contribution >= 0.6 is 0 Å². The first-order valence-corrected chi connectivity index (χ1v) is 12.6. The standard InChI is InChI=1S/C29H28N6O3/c1-20-12-23(10-11-35(20)37)19-38-26-16-31-29(32-17-26)25-7-3-5-22(14-25)18-34-28(36)9-8-27(33-34)24-6-2-4-21(13-24)15-30/h2-9,13-14,16-17,20,23,37H,10-12,18-19H2,1H3. The first-order valence-electron chi connectivity index (χ1n) is 12.6. The molecule has 192 valence electrons. The van der Waals surface area contributed by atoms with Gasteiger partial charge in [0.25, 0.3) is 5.56 Å². The van der Waals surface area contributed by atoms with Crippen LogP contribution in [-0.4, -0.2) is 49.2 Å². The van der Waals surface area contributed by atoms with Crippen molar-refractivity contribution in [1.82, 2.24) is 24.8 Å². The van der Waals surface area contributed by atoms with E-state index in [4.69, 9.17) is 4.74 Å². The summed E-state index contributed by atoms with van der Waals surface area (Å²) in [5.74, 6) is 1.55. The Morgan fingerprint density at radius 2 is 1.87 bits per heavy atom. The van der Waals surface area contributed by atoms with Crippen LogP contribution in [0.2, 0.25) is 0 Å². The lowest BCUT2D eigenvalue weighted by atomic mass is 9.94. The van der Waals surface area contributed by atoms with E-state index >= 15 is 0 Å². The molecule has 2 aromatic carbocycles. The Morgan fingerprint density at radius 3 is 2.66 bits per heavy atom. The van der Waals surface area contributed by atoms with Crippen molar-refractivity contribution in [1.29, 1.82) is 5.26 Å². The van der Waals surface area contributed by atoms with E-state index < -0.39 is 0 Å². The quantitative estimate of drug-likeness (QED) is 0.396. The van der Waals surface area contributed by atoms with E-state index in [2.05, 4.69) is 21.1 Å². The maximum atomic E-state index is 12.5. The fourth-order valence-corrected chi connectivity index (χ4v) is 4.61. The van der Waals surface area contributed by atoms with Crippen LogP contribution in [0.4, 0.5) is 0 Å². The van der Waals surface area contributed by atoms with Gasteiger partial charge in [0.1, 0.15) is 0 Å². The first-order chi connectivity index (χ1) is 18.5. The summed E-state index contributed by atoms with van der Waals surface area (Å²) in [5, 5.41) is 24.9. The average Bonchev–Trinajstić information content (AvgIpc) is 2.95. The molecular formula is C29H28N6O3. The van der Waals surface area contributed by atoms with Crippen LogP contribution in [0.1, 0.15) is 30.9 Å². The van der Waals surface area contributed by atoms with Crippen molar-refractivity contribution >= 4 is 0 Å². The number of hydroxylamine groups is 2. The Morgan fingerprint density at radius 1 is 1.08 bits per heavy atom. The van der Waals surface area contributed by atoms with Crippen LogP contribution in [0.5, 0.6) is 5.75 Å². The van der Waals surface area contributed by atoms with Crippen LogP contribution < -0.4 is 10.3 Å². The summed E-state index contributed by atoms with van der Waals surface area (Å²) < 4.78 is 7.32. The molecular weight excluding hydrogens is 480 g/mol. The molecule has 1 fully saturated rings. The van der Waals surface area contributed by atoms with Gasteiger partial charge in [-0.3, -0.25) is 4.79 Å². The molecule has 1 saturated heterocycles. The molecule has 3 heterocycles. The van der Waals surface area contributed by atoms with Crippen molar-refractivity contribution in [3.05, 3.63) is 94.5 Å². The summed E-state index contributed by atoms with van der Waals surface area (Å²) in [6.07, 6.45) is 5.12. The predicted molar refractivity (Wildman–Crippen MR) is 141 cm³/mol. The number of aromatic nitrogens is 4. The highest BCUT2D eigenvalue weighted by Crippen LogP contribution is 2.23. The third kappa shape index (κ3) is 5.94. The maximum absolute atomic E-state index is 12.5. The van der Waals surface area contributed by atoms with Crippen molar-refractivity contribution in [2.75, 3.05) is 13.2 Å². The second-order valence-corrected chi connectivity index (χ2v) is 9.56. The number of nitriles is 1. The molecule has 0 saturated carbocycles. The Labute approximate surface area is 220 Å². The summed E-state index contributed by atoms with van der Waals surface area (Å²) >= 11 is 0. The monoisotopic (exact) mass is 508 g/mol. The molecule has 0 radical (unpaired) electrons. The largest absolute Gasteiger partial charge is 0.490 e. The zero-order valence-electron chi connectivity index (χ0n) is 21.1. The molecule has 1 N–H and O–H groups in total. The van der Waals surface area contributed by atoms with Gasteiger partial charge in [-0.15, -0.1) is 0 Å². The molecule has 0 bridgehead atoms.